The molecule has 0 heterocycles. The summed E-state index contributed by atoms with van der Waals surface area (Å²) in [5.74, 6) is -0.0448. The Kier molecular flexibility index (Phi) is 7.82. The Morgan fingerprint density at radius 3 is 2.30 bits per heavy atom. The van der Waals surface area contributed by atoms with E-state index in [9.17, 15) is 13.2 Å². The lowest BCUT2D eigenvalue weighted by Gasteiger charge is -2.22. The molecule has 0 aliphatic rings. The van der Waals surface area contributed by atoms with Crippen LogP contribution in [0.1, 0.15) is 29.3 Å². The van der Waals surface area contributed by atoms with Crippen molar-refractivity contribution in [1.82, 2.24) is 4.90 Å². The molecule has 0 aliphatic carbocycles. The predicted octanol–water partition coefficient (Wildman–Crippen LogP) is 2.48. The average molecular weight is 390 g/mol. The van der Waals surface area contributed by atoms with Gasteiger partial charge in [-0.3, -0.25) is 9.52 Å². The van der Waals surface area contributed by atoms with Crippen molar-refractivity contribution < 1.29 is 13.2 Å². The van der Waals surface area contributed by atoms with Gasteiger partial charge in [0.25, 0.3) is 5.91 Å². The van der Waals surface area contributed by atoms with Crippen LogP contribution in [-0.4, -0.2) is 44.6 Å². The van der Waals surface area contributed by atoms with Gasteiger partial charge in [0, 0.05) is 30.9 Å². The van der Waals surface area contributed by atoms with Gasteiger partial charge in [-0.1, -0.05) is 37.3 Å². The van der Waals surface area contributed by atoms with Crippen LogP contribution in [0.2, 0.25) is 0 Å². The molecular weight excluding hydrogens is 362 g/mol. The molecule has 0 aromatic heterocycles. The summed E-state index contributed by atoms with van der Waals surface area (Å²) < 4.78 is 26.2. The van der Waals surface area contributed by atoms with Crippen molar-refractivity contribution in [3.05, 3.63) is 65.7 Å². The van der Waals surface area contributed by atoms with E-state index in [0.29, 0.717) is 37.3 Å². The average Bonchev–Trinajstić information content (AvgIpc) is 2.65. The van der Waals surface area contributed by atoms with E-state index < -0.39 is 10.0 Å². The molecule has 0 atom stereocenters. The van der Waals surface area contributed by atoms with Gasteiger partial charge in [-0.25, -0.2) is 8.42 Å². The zero-order valence-corrected chi connectivity index (χ0v) is 16.4. The molecule has 0 bridgehead atoms. The van der Waals surface area contributed by atoms with Crippen molar-refractivity contribution >= 4 is 21.6 Å². The molecule has 6 nitrogen and oxygen atoms in total. The Hall–Kier alpha value is -2.38. The SMILES string of the molecule is CCCS(=O)(=O)Nc1ccc(C(=O)N(CCN)CCc2ccccc2)cc1. The van der Waals surface area contributed by atoms with Gasteiger partial charge in [0.15, 0.2) is 0 Å². The highest BCUT2D eigenvalue weighted by Crippen LogP contribution is 2.14. The molecule has 0 spiro atoms. The highest BCUT2D eigenvalue weighted by molar-refractivity contribution is 7.92. The maximum absolute atomic E-state index is 12.8. The number of carbonyl (C=O) groups is 1. The van der Waals surface area contributed by atoms with Gasteiger partial charge in [-0.15, -0.1) is 0 Å². The van der Waals surface area contributed by atoms with Crippen molar-refractivity contribution in [3.63, 3.8) is 0 Å². The zero-order valence-electron chi connectivity index (χ0n) is 15.6. The third-order valence-corrected chi connectivity index (χ3v) is 5.57. The summed E-state index contributed by atoms with van der Waals surface area (Å²) in [5.41, 5.74) is 7.79. The molecule has 0 unspecified atom stereocenters. The summed E-state index contributed by atoms with van der Waals surface area (Å²) in [6.07, 6.45) is 1.29. The van der Waals surface area contributed by atoms with Crippen LogP contribution in [0.25, 0.3) is 0 Å². The van der Waals surface area contributed by atoms with Crippen molar-refractivity contribution in [3.8, 4) is 0 Å². The maximum Gasteiger partial charge on any atom is 0.253 e. The summed E-state index contributed by atoms with van der Waals surface area (Å²) >= 11 is 0. The summed E-state index contributed by atoms with van der Waals surface area (Å²) in [7, 11) is -3.34. The Labute approximate surface area is 161 Å². The van der Waals surface area contributed by atoms with E-state index in [0.717, 1.165) is 12.0 Å². The lowest BCUT2D eigenvalue weighted by molar-refractivity contribution is 0.0762. The minimum Gasteiger partial charge on any atom is -0.337 e. The first-order chi connectivity index (χ1) is 12.9. The van der Waals surface area contributed by atoms with Crippen LogP contribution in [0.15, 0.2) is 54.6 Å². The van der Waals surface area contributed by atoms with Crippen molar-refractivity contribution in [1.29, 1.82) is 0 Å². The summed E-state index contributed by atoms with van der Waals surface area (Å²) in [4.78, 5) is 14.5. The smallest absolute Gasteiger partial charge is 0.253 e. The van der Waals surface area contributed by atoms with Gasteiger partial charge in [-0.2, -0.15) is 0 Å². The molecule has 0 aliphatic heterocycles. The molecule has 146 valence electrons. The largest absolute Gasteiger partial charge is 0.337 e. The number of hydrogen-bond donors (Lipinski definition) is 2. The van der Waals surface area contributed by atoms with E-state index in [4.69, 9.17) is 5.73 Å². The van der Waals surface area contributed by atoms with E-state index in [1.165, 1.54) is 0 Å². The van der Waals surface area contributed by atoms with Crippen LogP contribution in [0.4, 0.5) is 5.69 Å². The molecule has 27 heavy (non-hydrogen) atoms. The lowest BCUT2D eigenvalue weighted by atomic mass is 10.1. The Morgan fingerprint density at radius 1 is 1.04 bits per heavy atom. The summed E-state index contributed by atoms with van der Waals surface area (Å²) in [6.45, 7) is 3.24. The second-order valence-corrected chi connectivity index (χ2v) is 8.16. The van der Waals surface area contributed by atoms with E-state index in [2.05, 4.69) is 4.72 Å². The Balaban J connectivity index is 2.04. The number of nitrogens with zero attached hydrogens (tertiary/aromatic N) is 1. The number of amides is 1. The summed E-state index contributed by atoms with van der Waals surface area (Å²) in [5, 5.41) is 0. The van der Waals surface area contributed by atoms with Gasteiger partial charge in [-0.05, 0) is 42.7 Å². The lowest BCUT2D eigenvalue weighted by Crippen LogP contribution is -2.36. The number of anilines is 1. The third kappa shape index (κ3) is 6.69. The molecule has 2 aromatic rings. The number of hydrogen-bond acceptors (Lipinski definition) is 4. The molecule has 0 radical (unpaired) electrons. The predicted molar refractivity (Wildman–Crippen MR) is 109 cm³/mol. The number of sulfonamides is 1. The fourth-order valence-corrected chi connectivity index (χ4v) is 3.88. The number of nitrogens with two attached hydrogens (primary N) is 1. The standard InChI is InChI=1S/C20H27N3O3S/c1-2-16-27(25,26)22-19-10-8-18(9-11-19)20(24)23(15-13-21)14-12-17-6-4-3-5-7-17/h3-11,22H,2,12-16,21H2,1H3. The van der Waals surface area contributed by atoms with Crippen LogP contribution in [-0.2, 0) is 16.4 Å². The molecule has 0 saturated carbocycles. The Bertz CT molecular complexity index is 821. The molecule has 2 aromatic carbocycles. The van der Waals surface area contributed by atoms with Crippen LogP contribution in [0.3, 0.4) is 0 Å². The molecule has 0 saturated heterocycles. The zero-order chi connectivity index (χ0) is 19.7. The van der Waals surface area contributed by atoms with Gasteiger partial charge in [0.05, 0.1) is 5.75 Å². The normalized spacial score (nSPS) is 11.2. The van der Waals surface area contributed by atoms with E-state index in [-0.39, 0.29) is 11.7 Å². The second-order valence-electron chi connectivity index (χ2n) is 6.31. The minimum atomic E-state index is -3.34. The summed E-state index contributed by atoms with van der Waals surface area (Å²) in [6, 6.07) is 16.5. The monoisotopic (exact) mass is 389 g/mol. The molecule has 0 fully saturated rings. The first-order valence-electron chi connectivity index (χ1n) is 9.09. The fraction of sp³-hybridized carbons (Fsp3) is 0.350. The van der Waals surface area contributed by atoms with Gasteiger partial charge >= 0.3 is 0 Å². The van der Waals surface area contributed by atoms with Gasteiger partial charge < -0.3 is 10.6 Å². The molecule has 2 rings (SSSR count). The van der Waals surface area contributed by atoms with Gasteiger partial charge in [0.1, 0.15) is 0 Å². The van der Waals surface area contributed by atoms with Crippen molar-refractivity contribution in [2.75, 3.05) is 30.1 Å². The second kappa shape index (κ2) is 10.1. The molecular formula is C20H27N3O3S. The first kappa shape index (κ1) is 20.9. The topological polar surface area (TPSA) is 92.5 Å². The van der Waals surface area contributed by atoms with Gasteiger partial charge in [0.2, 0.25) is 10.0 Å². The number of rotatable bonds is 10. The molecule has 7 heteroatoms. The van der Waals surface area contributed by atoms with Crippen LogP contribution in [0, 0.1) is 0 Å². The third-order valence-electron chi connectivity index (χ3n) is 4.08. The number of carbonyl (C=O) groups excluding carboxylic acids is 1. The molecule has 3 N–H and O–H groups in total. The number of nitrogens with one attached hydrogen (secondary N) is 1. The Morgan fingerprint density at radius 2 is 1.70 bits per heavy atom. The van der Waals surface area contributed by atoms with Crippen molar-refractivity contribution in [2.45, 2.75) is 19.8 Å². The van der Waals surface area contributed by atoms with Crippen LogP contribution < -0.4 is 10.5 Å². The van der Waals surface area contributed by atoms with E-state index in [1.54, 1.807) is 29.2 Å². The highest BCUT2D eigenvalue weighted by atomic mass is 32.2. The van der Waals surface area contributed by atoms with Crippen LogP contribution in [0.5, 0.6) is 0 Å². The highest BCUT2D eigenvalue weighted by Gasteiger charge is 2.16. The van der Waals surface area contributed by atoms with E-state index in [1.807, 2.05) is 37.3 Å². The van der Waals surface area contributed by atoms with Crippen LogP contribution >= 0.6 is 0 Å². The van der Waals surface area contributed by atoms with Crippen molar-refractivity contribution in [2.24, 2.45) is 5.73 Å². The number of benzene rings is 2. The first-order valence-corrected chi connectivity index (χ1v) is 10.7. The maximum atomic E-state index is 12.8. The fourth-order valence-electron chi connectivity index (χ4n) is 2.74. The molecule has 1 amide bonds. The minimum absolute atomic E-state index is 0.0669. The quantitative estimate of drug-likeness (QED) is 0.653. The van der Waals surface area contributed by atoms with E-state index >= 15 is 0 Å².